The van der Waals surface area contributed by atoms with E-state index in [0.717, 1.165) is 6.08 Å². The lowest BCUT2D eigenvalue weighted by molar-refractivity contribution is -0.140. The number of carbonyl (C=O) groups excluding carboxylic acids is 3. The van der Waals surface area contributed by atoms with Gasteiger partial charge in [0, 0.05) is 11.6 Å². The van der Waals surface area contributed by atoms with Crippen LogP contribution in [0.1, 0.15) is 29.8 Å². The van der Waals surface area contributed by atoms with Gasteiger partial charge in [0.25, 0.3) is 0 Å². The van der Waals surface area contributed by atoms with Crippen LogP contribution in [0.4, 0.5) is 9.18 Å². The quantitative estimate of drug-likeness (QED) is 0.325. The Labute approximate surface area is 222 Å². The van der Waals surface area contributed by atoms with Crippen LogP contribution < -0.4 is 10.6 Å². The standard InChI is InChI=1S/C27H24ClFN4O5/c1-3-37-26(35)23-21(30-27(36)31-24(23)17-7-5-4-6-8-17)15-38-22(34)14-13-20-16(2)32-33(25(20)28)19-11-9-18(29)10-12-19/h4-14,24H,3,15H2,1-2H3,(H2,30,31,36). The summed E-state index contributed by atoms with van der Waals surface area (Å²) in [4.78, 5) is 37.7. The van der Waals surface area contributed by atoms with Crippen molar-refractivity contribution in [3.05, 3.63) is 99.7 Å². The van der Waals surface area contributed by atoms with Crippen LogP contribution >= 0.6 is 11.6 Å². The molecule has 2 amide bonds. The number of aryl methyl sites for hydroxylation is 1. The van der Waals surface area contributed by atoms with Gasteiger partial charge in [-0.05, 0) is 49.8 Å². The molecule has 4 rings (SSSR count). The van der Waals surface area contributed by atoms with Crippen molar-refractivity contribution in [2.24, 2.45) is 0 Å². The number of halogens is 2. The molecule has 0 bridgehead atoms. The SMILES string of the molecule is CCOC(=O)C1=C(COC(=O)C=Cc2c(C)nn(-c3ccc(F)cc3)c2Cl)NC(=O)NC1c1ccccc1. The first kappa shape index (κ1) is 26.6. The third-order valence-electron chi connectivity index (χ3n) is 5.65. The first-order chi connectivity index (χ1) is 18.3. The number of aromatic nitrogens is 2. The summed E-state index contributed by atoms with van der Waals surface area (Å²) in [6.07, 6.45) is 2.61. The number of hydrogen-bond donors (Lipinski definition) is 2. The molecule has 38 heavy (non-hydrogen) atoms. The van der Waals surface area contributed by atoms with Gasteiger partial charge in [-0.2, -0.15) is 5.10 Å². The Morgan fingerprint density at radius 2 is 1.84 bits per heavy atom. The molecule has 3 aromatic rings. The zero-order valence-electron chi connectivity index (χ0n) is 20.5. The second-order valence-electron chi connectivity index (χ2n) is 8.17. The van der Waals surface area contributed by atoms with E-state index in [4.69, 9.17) is 21.1 Å². The maximum absolute atomic E-state index is 13.3. The van der Waals surface area contributed by atoms with Crippen LogP contribution in [0, 0.1) is 12.7 Å². The van der Waals surface area contributed by atoms with Crippen molar-refractivity contribution in [1.29, 1.82) is 0 Å². The van der Waals surface area contributed by atoms with Crippen LogP contribution in [0.2, 0.25) is 5.15 Å². The summed E-state index contributed by atoms with van der Waals surface area (Å²) in [5, 5.41) is 9.82. The number of rotatable bonds is 8. The minimum atomic E-state index is -0.785. The minimum Gasteiger partial charge on any atom is -0.463 e. The lowest BCUT2D eigenvalue weighted by atomic mass is 9.95. The molecule has 0 aliphatic carbocycles. The highest BCUT2D eigenvalue weighted by Gasteiger charge is 2.34. The molecular weight excluding hydrogens is 515 g/mol. The van der Waals surface area contributed by atoms with Gasteiger partial charge in [-0.25, -0.2) is 23.5 Å². The molecule has 0 fully saturated rings. The maximum atomic E-state index is 13.3. The monoisotopic (exact) mass is 538 g/mol. The van der Waals surface area contributed by atoms with Crippen molar-refractivity contribution < 1.29 is 28.2 Å². The molecule has 9 nitrogen and oxygen atoms in total. The third-order valence-corrected chi connectivity index (χ3v) is 6.01. The van der Waals surface area contributed by atoms with Gasteiger partial charge in [-0.3, -0.25) is 0 Å². The van der Waals surface area contributed by atoms with E-state index < -0.39 is 29.8 Å². The second-order valence-corrected chi connectivity index (χ2v) is 8.53. The lowest BCUT2D eigenvalue weighted by Crippen LogP contribution is -2.47. The molecule has 1 aromatic heterocycles. The Hall–Kier alpha value is -4.44. The zero-order chi connectivity index (χ0) is 27.2. The molecule has 1 aliphatic rings. The highest BCUT2D eigenvalue weighted by Crippen LogP contribution is 2.28. The van der Waals surface area contributed by atoms with Gasteiger partial charge in [0.2, 0.25) is 0 Å². The van der Waals surface area contributed by atoms with Crippen molar-refractivity contribution in [3.63, 3.8) is 0 Å². The van der Waals surface area contributed by atoms with Gasteiger partial charge < -0.3 is 20.1 Å². The largest absolute Gasteiger partial charge is 0.463 e. The summed E-state index contributed by atoms with van der Waals surface area (Å²) in [6, 6.07) is 13.2. The smallest absolute Gasteiger partial charge is 0.338 e. The number of nitrogens with zero attached hydrogens (tertiary/aromatic N) is 2. The van der Waals surface area contributed by atoms with E-state index in [1.54, 1.807) is 38.1 Å². The molecule has 0 spiro atoms. The first-order valence-corrected chi connectivity index (χ1v) is 12.0. The van der Waals surface area contributed by atoms with Crippen molar-refractivity contribution in [1.82, 2.24) is 20.4 Å². The number of urea groups is 1. The molecule has 0 saturated heterocycles. The molecule has 196 valence electrons. The normalized spacial score (nSPS) is 15.3. The van der Waals surface area contributed by atoms with Crippen LogP contribution in [0.5, 0.6) is 0 Å². The second kappa shape index (κ2) is 11.7. The summed E-state index contributed by atoms with van der Waals surface area (Å²) < 4.78 is 25.2. The van der Waals surface area contributed by atoms with Gasteiger partial charge in [-0.1, -0.05) is 41.9 Å². The van der Waals surface area contributed by atoms with Crippen LogP contribution in [0.3, 0.4) is 0 Å². The Morgan fingerprint density at radius 3 is 2.53 bits per heavy atom. The molecule has 2 aromatic carbocycles. The molecular formula is C27H24ClFN4O5. The van der Waals surface area contributed by atoms with Crippen LogP contribution in [0.25, 0.3) is 11.8 Å². The number of ether oxygens (including phenoxy) is 2. The van der Waals surface area contributed by atoms with Gasteiger partial charge in [0.15, 0.2) is 0 Å². The van der Waals surface area contributed by atoms with Gasteiger partial charge >= 0.3 is 18.0 Å². The van der Waals surface area contributed by atoms with E-state index in [1.807, 2.05) is 6.07 Å². The molecule has 1 unspecified atom stereocenters. The van der Waals surface area contributed by atoms with Gasteiger partial charge in [-0.15, -0.1) is 0 Å². The van der Waals surface area contributed by atoms with E-state index in [-0.39, 0.29) is 29.6 Å². The summed E-state index contributed by atoms with van der Waals surface area (Å²) in [5.41, 5.74) is 2.47. The molecule has 1 atom stereocenters. The van der Waals surface area contributed by atoms with Crippen molar-refractivity contribution in [2.45, 2.75) is 19.9 Å². The summed E-state index contributed by atoms with van der Waals surface area (Å²) in [6.45, 7) is 3.12. The lowest BCUT2D eigenvalue weighted by Gasteiger charge is -2.29. The van der Waals surface area contributed by atoms with Crippen LogP contribution in [0.15, 0.2) is 71.9 Å². The highest BCUT2D eigenvalue weighted by molar-refractivity contribution is 6.31. The average molecular weight is 539 g/mol. The van der Waals surface area contributed by atoms with Crippen molar-refractivity contribution >= 4 is 35.6 Å². The average Bonchev–Trinajstić information content (AvgIpc) is 3.19. The van der Waals surface area contributed by atoms with E-state index in [9.17, 15) is 18.8 Å². The highest BCUT2D eigenvalue weighted by atomic mass is 35.5. The Bertz CT molecular complexity index is 1420. The van der Waals surface area contributed by atoms with Crippen LogP contribution in [-0.2, 0) is 19.1 Å². The van der Waals surface area contributed by atoms with Crippen LogP contribution in [-0.4, -0.2) is 41.0 Å². The topological polar surface area (TPSA) is 112 Å². The minimum absolute atomic E-state index is 0.112. The van der Waals surface area contributed by atoms with E-state index in [0.29, 0.717) is 22.5 Å². The summed E-state index contributed by atoms with van der Waals surface area (Å²) >= 11 is 6.45. The molecule has 0 saturated carbocycles. The predicted molar refractivity (Wildman–Crippen MR) is 138 cm³/mol. The number of amides is 2. The van der Waals surface area contributed by atoms with E-state index in [2.05, 4.69) is 15.7 Å². The number of carbonyl (C=O) groups is 3. The number of hydrogen-bond acceptors (Lipinski definition) is 6. The number of benzene rings is 2. The number of esters is 2. The Morgan fingerprint density at radius 1 is 1.13 bits per heavy atom. The molecule has 11 heteroatoms. The molecule has 0 radical (unpaired) electrons. The first-order valence-electron chi connectivity index (χ1n) is 11.7. The van der Waals surface area contributed by atoms with Crippen molar-refractivity contribution in [2.75, 3.05) is 13.2 Å². The van der Waals surface area contributed by atoms with Crippen molar-refractivity contribution in [3.8, 4) is 5.69 Å². The Balaban J connectivity index is 1.54. The van der Waals surface area contributed by atoms with Gasteiger partial charge in [0.05, 0.1) is 35.3 Å². The van der Waals surface area contributed by atoms with E-state index >= 15 is 0 Å². The predicted octanol–water partition coefficient (Wildman–Crippen LogP) is 4.40. The summed E-state index contributed by atoms with van der Waals surface area (Å²) in [7, 11) is 0. The molecule has 2 heterocycles. The molecule has 1 aliphatic heterocycles. The fourth-order valence-electron chi connectivity index (χ4n) is 3.87. The maximum Gasteiger partial charge on any atom is 0.338 e. The fourth-order valence-corrected chi connectivity index (χ4v) is 4.21. The fraction of sp³-hybridized carbons (Fsp3) is 0.185. The van der Waals surface area contributed by atoms with E-state index in [1.165, 1.54) is 35.0 Å². The number of nitrogens with one attached hydrogen (secondary N) is 2. The Kier molecular flexibility index (Phi) is 8.22. The third kappa shape index (κ3) is 5.92. The zero-order valence-corrected chi connectivity index (χ0v) is 21.3. The van der Waals surface area contributed by atoms with Gasteiger partial charge in [0.1, 0.15) is 17.6 Å². The molecule has 2 N–H and O–H groups in total. The summed E-state index contributed by atoms with van der Waals surface area (Å²) in [5.74, 6) is -1.78.